The highest BCUT2D eigenvalue weighted by Crippen LogP contribution is 2.19. The van der Waals surface area contributed by atoms with Crippen LogP contribution < -0.4 is 5.32 Å². The summed E-state index contributed by atoms with van der Waals surface area (Å²) in [4.78, 5) is 12.0. The van der Waals surface area contributed by atoms with Crippen LogP contribution in [0.3, 0.4) is 0 Å². The van der Waals surface area contributed by atoms with Crippen LogP contribution in [0.15, 0.2) is 24.4 Å². The van der Waals surface area contributed by atoms with Crippen LogP contribution in [-0.4, -0.2) is 15.7 Å². The van der Waals surface area contributed by atoms with Crippen LogP contribution in [0.4, 0.5) is 10.1 Å². The lowest BCUT2D eigenvalue weighted by atomic mass is 10.2. The molecule has 0 spiro atoms. The van der Waals surface area contributed by atoms with Gasteiger partial charge < -0.3 is 5.32 Å². The molecule has 1 aromatic heterocycles. The fraction of sp³-hybridized carbons (Fsp3) is 0.167. The first-order valence-electron chi connectivity index (χ1n) is 5.24. The van der Waals surface area contributed by atoms with Crippen molar-refractivity contribution in [3.63, 3.8) is 0 Å². The highest BCUT2D eigenvalue weighted by Gasteiger charge is 2.17. The Morgan fingerprint density at radius 1 is 1.50 bits per heavy atom. The van der Waals surface area contributed by atoms with Gasteiger partial charge in [0.05, 0.1) is 16.9 Å². The maximum atomic E-state index is 13.5. The van der Waals surface area contributed by atoms with E-state index in [1.807, 2.05) is 6.92 Å². The molecule has 18 heavy (non-hydrogen) atoms. The molecule has 0 unspecified atom stereocenters. The molecule has 1 amide bonds. The van der Waals surface area contributed by atoms with E-state index in [4.69, 9.17) is 11.6 Å². The van der Waals surface area contributed by atoms with Gasteiger partial charge in [-0.1, -0.05) is 17.7 Å². The second-order valence-electron chi connectivity index (χ2n) is 3.90. The average molecular weight is 268 g/mol. The quantitative estimate of drug-likeness (QED) is 0.909. The highest BCUT2D eigenvalue weighted by molar-refractivity contribution is 6.34. The van der Waals surface area contributed by atoms with Gasteiger partial charge in [0.25, 0.3) is 5.91 Å². The van der Waals surface area contributed by atoms with Gasteiger partial charge in [0, 0.05) is 7.05 Å². The molecule has 6 heteroatoms. The number of aromatic nitrogens is 2. The maximum absolute atomic E-state index is 13.5. The third-order valence-corrected chi connectivity index (χ3v) is 2.76. The van der Waals surface area contributed by atoms with Crippen molar-refractivity contribution in [2.75, 3.05) is 5.32 Å². The van der Waals surface area contributed by atoms with Crippen LogP contribution in [0.2, 0.25) is 5.02 Å². The van der Waals surface area contributed by atoms with Crippen LogP contribution in [-0.2, 0) is 7.05 Å². The first-order valence-corrected chi connectivity index (χ1v) is 5.62. The summed E-state index contributed by atoms with van der Waals surface area (Å²) in [7, 11) is 1.59. The number of aryl methyl sites for hydroxylation is 2. The van der Waals surface area contributed by atoms with E-state index in [0.717, 1.165) is 5.56 Å². The number of carbonyl (C=O) groups excluding carboxylic acids is 1. The van der Waals surface area contributed by atoms with Gasteiger partial charge in [0.1, 0.15) is 11.5 Å². The van der Waals surface area contributed by atoms with Crippen molar-refractivity contribution in [1.82, 2.24) is 9.78 Å². The highest BCUT2D eigenvalue weighted by atomic mass is 35.5. The van der Waals surface area contributed by atoms with Gasteiger partial charge in [0.15, 0.2) is 0 Å². The number of hydrogen-bond acceptors (Lipinski definition) is 2. The number of benzene rings is 1. The van der Waals surface area contributed by atoms with Crippen molar-refractivity contribution in [2.45, 2.75) is 6.92 Å². The molecule has 2 aromatic rings. The number of hydrogen-bond donors (Lipinski definition) is 1. The van der Waals surface area contributed by atoms with Crippen molar-refractivity contribution < 1.29 is 9.18 Å². The number of amides is 1. The molecule has 1 heterocycles. The number of nitrogens with one attached hydrogen (secondary N) is 1. The van der Waals surface area contributed by atoms with E-state index >= 15 is 0 Å². The minimum absolute atomic E-state index is 0.122. The third kappa shape index (κ3) is 2.36. The summed E-state index contributed by atoms with van der Waals surface area (Å²) in [5.41, 5.74) is 1.16. The Bertz CT molecular complexity index is 590. The number of anilines is 1. The first-order chi connectivity index (χ1) is 8.49. The predicted octanol–water partition coefficient (Wildman–Crippen LogP) is 2.77. The summed E-state index contributed by atoms with van der Waals surface area (Å²) >= 11 is 5.84. The normalized spacial score (nSPS) is 10.4. The van der Waals surface area contributed by atoms with Crippen LogP contribution in [0.5, 0.6) is 0 Å². The van der Waals surface area contributed by atoms with E-state index in [1.165, 1.54) is 16.9 Å². The SMILES string of the molecule is Cc1ccc(F)c(NC(=O)c2c(Cl)cnn2C)c1. The Morgan fingerprint density at radius 3 is 2.83 bits per heavy atom. The fourth-order valence-corrected chi connectivity index (χ4v) is 1.83. The molecule has 0 fully saturated rings. The standard InChI is InChI=1S/C12H11ClFN3O/c1-7-3-4-9(14)10(5-7)16-12(18)11-8(13)6-15-17(11)2/h3-6H,1-2H3,(H,16,18). The summed E-state index contributed by atoms with van der Waals surface area (Å²) in [5, 5.41) is 6.55. The van der Waals surface area contributed by atoms with Crippen LogP contribution in [0, 0.1) is 12.7 Å². The topological polar surface area (TPSA) is 46.9 Å². The van der Waals surface area contributed by atoms with Gasteiger partial charge >= 0.3 is 0 Å². The van der Waals surface area contributed by atoms with Crippen molar-refractivity contribution >= 4 is 23.2 Å². The van der Waals surface area contributed by atoms with E-state index in [2.05, 4.69) is 10.4 Å². The molecule has 0 saturated carbocycles. The Balaban J connectivity index is 2.30. The fourth-order valence-electron chi connectivity index (χ4n) is 1.58. The Labute approximate surface area is 108 Å². The van der Waals surface area contributed by atoms with Gasteiger partial charge in [0.2, 0.25) is 0 Å². The van der Waals surface area contributed by atoms with Crippen molar-refractivity contribution in [3.8, 4) is 0 Å². The van der Waals surface area contributed by atoms with Crippen LogP contribution >= 0.6 is 11.6 Å². The second-order valence-corrected chi connectivity index (χ2v) is 4.31. The van der Waals surface area contributed by atoms with E-state index in [0.29, 0.717) is 0 Å². The van der Waals surface area contributed by atoms with E-state index in [-0.39, 0.29) is 16.4 Å². The molecular formula is C12H11ClFN3O. The average Bonchev–Trinajstić information content (AvgIpc) is 2.63. The van der Waals surface area contributed by atoms with Gasteiger partial charge in [-0.25, -0.2) is 4.39 Å². The monoisotopic (exact) mass is 267 g/mol. The zero-order chi connectivity index (χ0) is 13.3. The molecule has 0 bridgehead atoms. The summed E-state index contributed by atoms with van der Waals surface area (Å²) in [6.07, 6.45) is 1.36. The maximum Gasteiger partial charge on any atom is 0.275 e. The lowest BCUT2D eigenvalue weighted by molar-refractivity contribution is 0.101. The smallest absolute Gasteiger partial charge is 0.275 e. The zero-order valence-corrected chi connectivity index (χ0v) is 10.6. The molecule has 2 rings (SSSR count). The minimum atomic E-state index is -0.496. The molecule has 0 saturated heterocycles. The summed E-state index contributed by atoms with van der Waals surface area (Å²) in [6.45, 7) is 1.81. The second kappa shape index (κ2) is 4.78. The first kappa shape index (κ1) is 12.6. The molecule has 0 aliphatic carbocycles. The number of halogens is 2. The molecule has 4 nitrogen and oxygen atoms in total. The molecule has 94 valence electrons. The van der Waals surface area contributed by atoms with Crippen molar-refractivity contribution in [3.05, 3.63) is 46.5 Å². The summed E-state index contributed by atoms with van der Waals surface area (Å²) in [6, 6.07) is 4.48. The van der Waals surface area contributed by atoms with Crippen LogP contribution in [0.25, 0.3) is 0 Å². The van der Waals surface area contributed by atoms with Gasteiger partial charge in [-0.05, 0) is 24.6 Å². The molecule has 1 aromatic carbocycles. The number of nitrogens with zero attached hydrogens (tertiary/aromatic N) is 2. The van der Waals surface area contributed by atoms with Crippen molar-refractivity contribution in [1.29, 1.82) is 0 Å². The van der Waals surface area contributed by atoms with Gasteiger partial charge in [-0.2, -0.15) is 5.10 Å². The van der Waals surface area contributed by atoms with E-state index in [1.54, 1.807) is 19.2 Å². The van der Waals surface area contributed by atoms with E-state index in [9.17, 15) is 9.18 Å². The number of carbonyl (C=O) groups is 1. The molecule has 0 aliphatic rings. The Kier molecular flexibility index (Phi) is 3.34. The molecule has 0 radical (unpaired) electrons. The molecule has 1 N–H and O–H groups in total. The molecule has 0 aliphatic heterocycles. The lowest BCUT2D eigenvalue weighted by Gasteiger charge is -2.07. The minimum Gasteiger partial charge on any atom is -0.318 e. The number of rotatable bonds is 2. The van der Waals surface area contributed by atoms with Crippen molar-refractivity contribution in [2.24, 2.45) is 7.05 Å². The molecule has 0 atom stereocenters. The summed E-state index contributed by atoms with van der Waals surface area (Å²) in [5.74, 6) is -0.989. The van der Waals surface area contributed by atoms with E-state index < -0.39 is 11.7 Å². The van der Waals surface area contributed by atoms with Gasteiger partial charge in [-0.15, -0.1) is 0 Å². The predicted molar refractivity (Wildman–Crippen MR) is 67.3 cm³/mol. The Morgan fingerprint density at radius 2 is 2.22 bits per heavy atom. The Hall–Kier alpha value is -1.88. The van der Waals surface area contributed by atoms with Crippen LogP contribution in [0.1, 0.15) is 16.1 Å². The zero-order valence-electron chi connectivity index (χ0n) is 9.87. The largest absolute Gasteiger partial charge is 0.318 e. The summed E-state index contributed by atoms with van der Waals surface area (Å²) < 4.78 is 14.8. The van der Waals surface area contributed by atoms with Gasteiger partial charge in [-0.3, -0.25) is 9.48 Å². The third-order valence-electron chi connectivity index (χ3n) is 2.48. The molecular weight excluding hydrogens is 257 g/mol. The lowest BCUT2D eigenvalue weighted by Crippen LogP contribution is -2.17.